The molecule has 0 saturated heterocycles. The van der Waals surface area contributed by atoms with Gasteiger partial charge >= 0.3 is 0 Å². The molecule has 2 N–H and O–H groups in total. The molecule has 102 valence electrons. The number of aliphatic hydroxyl groups excluding tert-OH is 1. The van der Waals surface area contributed by atoms with Crippen LogP contribution in [0.4, 0.5) is 0 Å². The molecule has 0 spiro atoms. The zero-order valence-electron chi connectivity index (χ0n) is 11.2. The van der Waals surface area contributed by atoms with Crippen molar-refractivity contribution in [3.05, 3.63) is 23.9 Å². The van der Waals surface area contributed by atoms with Gasteiger partial charge in [0.1, 0.15) is 0 Å². The van der Waals surface area contributed by atoms with Crippen molar-refractivity contribution in [1.29, 1.82) is 0 Å². The van der Waals surface area contributed by atoms with E-state index < -0.39 is 6.10 Å². The number of ether oxygens (including phenoxy) is 2. The number of aromatic nitrogens is 1. The Labute approximate surface area is 108 Å². The van der Waals surface area contributed by atoms with Gasteiger partial charge in [0.05, 0.1) is 18.8 Å². The quantitative estimate of drug-likeness (QED) is 0.723. The SMILES string of the molecule is COCC(O)CNCc1cccnc1OC(C)C. The molecule has 1 aromatic rings. The molecule has 1 rings (SSSR count). The number of methoxy groups -OCH3 is 1. The predicted octanol–water partition coefficient (Wildman–Crippen LogP) is 0.966. The Morgan fingerprint density at radius 3 is 2.89 bits per heavy atom. The summed E-state index contributed by atoms with van der Waals surface area (Å²) in [5.41, 5.74) is 0.982. The Morgan fingerprint density at radius 1 is 1.44 bits per heavy atom. The second-order valence-corrected chi connectivity index (χ2v) is 4.37. The number of hydrogen-bond donors (Lipinski definition) is 2. The van der Waals surface area contributed by atoms with E-state index in [1.807, 2.05) is 26.0 Å². The molecule has 1 aromatic heterocycles. The van der Waals surface area contributed by atoms with Gasteiger partial charge in [-0.3, -0.25) is 0 Å². The fraction of sp³-hybridized carbons (Fsp3) is 0.615. The molecule has 0 bridgehead atoms. The Kier molecular flexibility index (Phi) is 6.64. The van der Waals surface area contributed by atoms with E-state index in [9.17, 15) is 5.11 Å². The Hall–Kier alpha value is -1.17. The third-order valence-corrected chi connectivity index (χ3v) is 2.25. The van der Waals surface area contributed by atoms with Gasteiger partial charge in [-0.25, -0.2) is 4.98 Å². The molecule has 1 unspecified atom stereocenters. The van der Waals surface area contributed by atoms with Crippen LogP contribution in [0.3, 0.4) is 0 Å². The monoisotopic (exact) mass is 254 g/mol. The summed E-state index contributed by atoms with van der Waals surface area (Å²) in [6.07, 6.45) is 1.31. The average Bonchev–Trinajstić information content (AvgIpc) is 2.31. The molecular formula is C13H22N2O3. The van der Waals surface area contributed by atoms with E-state index in [-0.39, 0.29) is 6.10 Å². The van der Waals surface area contributed by atoms with Gasteiger partial charge in [0.2, 0.25) is 5.88 Å². The Morgan fingerprint density at radius 2 is 2.22 bits per heavy atom. The maximum atomic E-state index is 9.51. The van der Waals surface area contributed by atoms with Gasteiger partial charge in [-0.15, -0.1) is 0 Å². The van der Waals surface area contributed by atoms with Crippen molar-refractivity contribution in [1.82, 2.24) is 10.3 Å². The Bertz CT molecular complexity index is 345. The minimum atomic E-state index is -0.499. The maximum absolute atomic E-state index is 9.51. The molecule has 0 radical (unpaired) electrons. The zero-order valence-corrected chi connectivity index (χ0v) is 11.2. The summed E-state index contributed by atoms with van der Waals surface area (Å²) in [6.45, 7) is 5.35. The lowest BCUT2D eigenvalue weighted by Gasteiger charge is -2.14. The van der Waals surface area contributed by atoms with Crippen molar-refractivity contribution in [3.8, 4) is 5.88 Å². The van der Waals surface area contributed by atoms with Gasteiger partial charge in [-0.1, -0.05) is 6.07 Å². The second kappa shape index (κ2) is 8.02. The summed E-state index contributed by atoms with van der Waals surface area (Å²) in [5, 5.41) is 12.7. The first-order valence-electron chi connectivity index (χ1n) is 6.11. The minimum Gasteiger partial charge on any atom is -0.475 e. The summed E-state index contributed by atoms with van der Waals surface area (Å²) in [7, 11) is 1.57. The van der Waals surface area contributed by atoms with Crippen molar-refractivity contribution in [2.45, 2.75) is 32.6 Å². The predicted molar refractivity (Wildman–Crippen MR) is 69.6 cm³/mol. The summed E-state index contributed by atoms with van der Waals surface area (Å²) >= 11 is 0. The van der Waals surface area contributed by atoms with Gasteiger partial charge < -0.3 is 19.9 Å². The van der Waals surface area contributed by atoms with Gasteiger partial charge in [0.25, 0.3) is 0 Å². The molecule has 0 fully saturated rings. The number of nitrogens with one attached hydrogen (secondary N) is 1. The van der Waals surface area contributed by atoms with Crippen molar-refractivity contribution in [3.63, 3.8) is 0 Å². The van der Waals surface area contributed by atoms with Crippen LogP contribution in [0, 0.1) is 0 Å². The number of rotatable bonds is 8. The maximum Gasteiger partial charge on any atom is 0.218 e. The van der Waals surface area contributed by atoms with Crippen LogP contribution >= 0.6 is 0 Å². The van der Waals surface area contributed by atoms with Gasteiger partial charge in [-0.05, 0) is 19.9 Å². The smallest absolute Gasteiger partial charge is 0.218 e. The highest BCUT2D eigenvalue weighted by atomic mass is 16.5. The molecule has 0 aliphatic rings. The average molecular weight is 254 g/mol. The van der Waals surface area contributed by atoms with Crippen LogP contribution in [-0.4, -0.2) is 42.6 Å². The van der Waals surface area contributed by atoms with Gasteiger partial charge in [0.15, 0.2) is 0 Å². The normalized spacial score (nSPS) is 12.7. The fourth-order valence-electron chi connectivity index (χ4n) is 1.51. The third kappa shape index (κ3) is 5.44. The van der Waals surface area contributed by atoms with Crippen molar-refractivity contribution < 1.29 is 14.6 Å². The van der Waals surface area contributed by atoms with Crippen LogP contribution in [0.1, 0.15) is 19.4 Å². The first-order chi connectivity index (χ1) is 8.63. The zero-order chi connectivity index (χ0) is 13.4. The summed E-state index contributed by atoms with van der Waals surface area (Å²) in [4.78, 5) is 4.20. The largest absolute Gasteiger partial charge is 0.475 e. The highest BCUT2D eigenvalue weighted by Gasteiger charge is 2.07. The molecule has 1 heterocycles. The van der Waals surface area contributed by atoms with Crippen molar-refractivity contribution in [2.24, 2.45) is 0 Å². The highest BCUT2D eigenvalue weighted by molar-refractivity contribution is 5.25. The van der Waals surface area contributed by atoms with E-state index >= 15 is 0 Å². The lowest BCUT2D eigenvalue weighted by molar-refractivity contribution is 0.0643. The van der Waals surface area contributed by atoms with Crippen LogP contribution < -0.4 is 10.1 Å². The Balaban J connectivity index is 2.46. The van der Waals surface area contributed by atoms with Gasteiger partial charge in [-0.2, -0.15) is 0 Å². The van der Waals surface area contributed by atoms with E-state index in [0.717, 1.165) is 5.56 Å². The van der Waals surface area contributed by atoms with E-state index in [1.165, 1.54) is 0 Å². The fourth-order valence-corrected chi connectivity index (χ4v) is 1.51. The number of hydrogen-bond acceptors (Lipinski definition) is 5. The van der Waals surface area contributed by atoms with E-state index in [1.54, 1.807) is 13.3 Å². The molecule has 0 aromatic carbocycles. The van der Waals surface area contributed by atoms with Crippen LogP contribution in [0.25, 0.3) is 0 Å². The first-order valence-corrected chi connectivity index (χ1v) is 6.11. The van der Waals surface area contributed by atoms with E-state index in [0.29, 0.717) is 25.6 Å². The van der Waals surface area contributed by atoms with Crippen LogP contribution in [0.5, 0.6) is 5.88 Å². The summed E-state index contributed by atoms with van der Waals surface area (Å²) in [5.74, 6) is 0.640. The summed E-state index contributed by atoms with van der Waals surface area (Å²) in [6, 6.07) is 3.83. The van der Waals surface area contributed by atoms with Crippen LogP contribution in [0.2, 0.25) is 0 Å². The van der Waals surface area contributed by atoms with Gasteiger partial charge in [0, 0.05) is 32.0 Å². The molecule has 0 amide bonds. The molecule has 0 aliphatic heterocycles. The van der Waals surface area contributed by atoms with Crippen molar-refractivity contribution in [2.75, 3.05) is 20.3 Å². The number of aliphatic hydroxyl groups is 1. The molecule has 18 heavy (non-hydrogen) atoms. The summed E-state index contributed by atoms with van der Waals surface area (Å²) < 4.78 is 10.5. The third-order valence-electron chi connectivity index (χ3n) is 2.25. The lowest BCUT2D eigenvalue weighted by Crippen LogP contribution is -2.29. The minimum absolute atomic E-state index is 0.0951. The molecule has 5 heteroatoms. The number of nitrogens with zero attached hydrogens (tertiary/aromatic N) is 1. The first kappa shape index (κ1) is 14.9. The second-order valence-electron chi connectivity index (χ2n) is 4.37. The lowest BCUT2D eigenvalue weighted by atomic mass is 10.2. The highest BCUT2D eigenvalue weighted by Crippen LogP contribution is 2.15. The standard InChI is InChI=1S/C13H22N2O3/c1-10(2)18-13-11(5-4-6-15-13)7-14-8-12(16)9-17-3/h4-6,10,12,14,16H,7-9H2,1-3H3. The van der Waals surface area contributed by atoms with Crippen LogP contribution in [-0.2, 0) is 11.3 Å². The van der Waals surface area contributed by atoms with Crippen molar-refractivity contribution >= 4 is 0 Å². The molecule has 0 aliphatic carbocycles. The van der Waals surface area contributed by atoms with Crippen LogP contribution in [0.15, 0.2) is 18.3 Å². The van der Waals surface area contributed by atoms with E-state index in [4.69, 9.17) is 9.47 Å². The molecule has 5 nitrogen and oxygen atoms in total. The van der Waals surface area contributed by atoms with E-state index in [2.05, 4.69) is 10.3 Å². The molecule has 1 atom stereocenters. The molecular weight excluding hydrogens is 232 g/mol. The number of pyridine rings is 1. The molecule has 0 saturated carbocycles. The topological polar surface area (TPSA) is 63.6 Å².